The molecule has 4 rings (SSSR count). The Bertz CT molecular complexity index is 1460. The van der Waals surface area contributed by atoms with Crippen LogP contribution >= 0.6 is 0 Å². The molecule has 0 radical (unpaired) electrons. The van der Waals surface area contributed by atoms with E-state index < -0.39 is 21.6 Å². The number of hydrogen-bond donors (Lipinski definition) is 0. The van der Waals surface area contributed by atoms with Crippen LogP contribution in [-0.2, 0) is 28.8 Å². The average Bonchev–Trinajstić information content (AvgIpc) is 3.48. The van der Waals surface area contributed by atoms with Crippen molar-refractivity contribution in [1.82, 2.24) is 19.6 Å². The zero-order chi connectivity index (χ0) is 24.8. The van der Waals surface area contributed by atoms with Gasteiger partial charge in [-0.25, -0.2) is 17.9 Å². The number of nitrogens with zero attached hydrogens (tertiary/aromatic N) is 5. The highest BCUT2D eigenvalue weighted by atomic mass is 32.2. The maximum absolute atomic E-state index is 13.5. The van der Waals surface area contributed by atoms with Crippen molar-refractivity contribution in [3.63, 3.8) is 0 Å². The second kappa shape index (κ2) is 8.52. The molecular weight excluding hydrogens is 462 g/mol. The molecule has 0 saturated heterocycles. The number of hydrogen-bond acceptors (Lipinski definition) is 9. The molecule has 0 saturated carbocycles. The molecule has 0 bridgehead atoms. The molecule has 3 heterocycles. The number of benzene rings is 1. The van der Waals surface area contributed by atoms with Gasteiger partial charge in [0, 0.05) is 37.9 Å². The number of ether oxygens (including phenoxy) is 1. The van der Waals surface area contributed by atoms with Crippen LogP contribution in [0.3, 0.4) is 0 Å². The highest BCUT2D eigenvalue weighted by Crippen LogP contribution is 2.30. The van der Waals surface area contributed by atoms with E-state index in [2.05, 4.69) is 15.4 Å². The van der Waals surface area contributed by atoms with Gasteiger partial charge in [0.1, 0.15) is 17.9 Å². The molecule has 0 fully saturated rings. The van der Waals surface area contributed by atoms with E-state index in [0.717, 1.165) is 6.26 Å². The highest BCUT2D eigenvalue weighted by molar-refractivity contribution is 7.90. The topological polar surface area (TPSA) is 135 Å². The van der Waals surface area contributed by atoms with E-state index in [0.29, 0.717) is 35.6 Å². The van der Waals surface area contributed by atoms with E-state index in [-0.39, 0.29) is 27.6 Å². The number of esters is 1. The minimum atomic E-state index is -3.59. The Hall–Kier alpha value is -3.80. The van der Waals surface area contributed by atoms with Gasteiger partial charge in [-0.05, 0) is 37.6 Å². The van der Waals surface area contributed by atoms with Crippen LogP contribution in [0.2, 0.25) is 0 Å². The van der Waals surface area contributed by atoms with Gasteiger partial charge in [-0.15, -0.1) is 0 Å². The summed E-state index contributed by atoms with van der Waals surface area (Å²) in [5.41, 5.74) is 2.38. The molecule has 0 atom stereocenters. The van der Waals surface area contributed by atoms with Crippen LogP contribution in [0.15, 0.2) is 34.4 Å². The Balaban J connectivity index is 1.77. The summed E-state index contributed by atoms with van der Waals surface area (Å²) < 4.78 is 33.0. The molecule has 3 aromatic rings. The Morgan fingerprint density at radius 1 is 1.12 bits per heavy atom. The number of carbonyl (C=O) groups is 2. The van der Waals surface area contributed by atoms with Crippen molar-refractivity contribution in [2.45, 2.75) is 25.2 Å². The predicted molar refractivity (Wildman–Crippen MR) is 121 cm³/mol. The Labute approximate surface area is 195 Å². The molecule has 0 spiro atoms. The van der Waals surface area contributed by atoms with Crippen molar-refractivity contribution < 1.29 is 27.6 Å². The lowest BCUT2D eigenvalue weighted by molar-refractivity contribution is 0.0706. The molecule has 0 unspecified atom stereocenters. The summed E-state index contributed by atoms with van der Waals surface area (Å²) in [6.07, 6.45) is 2.82. The van der Waals surface area contributed by atoms with Gasteiger partial charge in [-0.2, -0.15) is 10.2 Å². The molecule has 11 nitrogen and oxygen atoms in total. The van der Waals surface area contributed by atoms with E-state index >= 15 is 0 Å². The van der Waals surface area contributed by atoms with E-state index in [1.54, 1.807) is 34.0 Å². The summed E-state index contributed by atoms with van der Waals surface area (Å²) in [4.78, 5) is 31.4. The lowest BCUT2D eigenvalue weighted by atomic mass is 9.93. The standard InChI is InChI=1S/C22H23N5O6S/c1-12-10-17(26(3)24-12)22(29)33-21-15(11-23-27(21)4)20(28)14-6-7-18(34(5,30)31)19(13(14)2)16-8-9-32-25-16/h6-7,10-11H,8-9H2,1-5H3. The third kappa shape index (κ3) is 4.12. The second-order valence-electron chi connectivity index (χ2n) is 8.00. The van der Waals surface area contributed by atoms with Gasteiger partial charge in [-0.3, -0.25) is 9.48 Å². The number of rotatable bonds is 6. The molecule has 0 N–H and O–H groups in total. The molecule has 0 aliphatic carbocycles. The monoisotopic (exact) mass is 485 g/mol. The SMILES string of the molecule is Cc1cc(C(=O)Oc2c(C(=O)c3ccc(S(C)(=O)=O)c(C4=NOCC4)c3C)cnn2C)n(C)n1. The van der Waals surface area contributed by atoms with Crippen molar-refractivity contribution in [1.29, 1.82) is 0 Å². The average molecular weight is 486 g/mol. The summed E-state index contributed by atoms with van der Waals surface area (Å²) in [5.74, 6) is -1.21. The van der Waals surface area contributed by atoms with Crippen LogP contribution in [0, 0.1) is 13.8 Å². The van der Waals surface area contributed by atoms with Gasteiger partial charge < -0.3 is 9.57 Å². The molecule has 1 aliphatic heterocycles. The Morgan fingerprint density at radius 3 is 2.44 bits per heavy atom. The van der Waals surface area contributed by atoms with Gasteiger partial charge in [0.15, 0.2) is 15.6 Å². The fraction of sp³-hybridized carbons (Fsp3) is 0.318. The zero-order valence-corrected chi connectivity index (χ0v) is 20.1. The lowest BCUT2D eigenvalue weighted by Gasteiger charge is -2.14. The van der Waals surface area contributed by atoms with E-state index in [1.165, 1.54) is 27.7 Å². The molecule has 0 amide bonds. The van der Waals surface area contributed by atoms with Crippen LogP contribution in [-0.4, -0.2) is 58.3 Å². The second-order valence-corrected chi connectivity index (χ2v) is 9.99. The third-order valence-corrected chi connectivity index (χ3v) is 6.63. The molecule has 12 heteroatoms. The number of aromatic nitrogens is 4. The maximum atomic E-state index is 13.5. The lowest BCUT2D eigenvalue weighted by Crippen LogP contribution is -2.18. The molecule has 34 heavy (non-hydrogen) atoms. The molecule has 178 valence electrons. The number of ketones is 1. The van der Waals surface area contributed by atoms with Crippen LogP contribution in [0.4, 0.5) is 0 Å². The van der Waals surface area contributed by atoms with Crippen molar-refractivity contribution >= 4 is 27.3 Å². The van der Waals surface area contributed by atoms with Crippen LogP contribution in [0.1, 0.15) is 49.7 Å². The van der Waals surface area contributed by atoms with Gasteiger partial charge in [0.25, 0.3) is 0 Å². The van der Waals surface area contributed by atoms with Gasteiger partial charge in [0.2, 0.25) is 5.88 Å². The first-order valence-corrected chi connectivity index (χ1v) is 12.2. The largest absolute Gasteiger partial charge is 0.402 e. The number of carbonyl (C=O) groups excluding carboxylic acids is 2. The van der Waals surface area contributed by atoms with E-state index in [4.69, 9.17) is 9.57 Å². The summed E-state index contributed by atoms with van der Waals surface area (Å²) in [6.45, 7) is 3.72. The summed E-state index contributed by atoms with van der Waals surface area (Å²) in [5, 5.41) is 12.2. The van der Waals surface area contributed by atoms with E-state index in [1.807, 2.05) is 0 Å². The maximum Gasteiger partial charge on any atom is 0.363 e. The number of sulfone groups is 1. The number of oxime groups is 1. The predicted octanol–water partition coefficient (Wildman–Crippen LogP) is 1.75. The van der Waals surface area contributed by atoms with Crippen LogP contribution in [0.5, 0.6) is 5.88 Å². The van der Waals surface area contributed by atoms with Gasteiger partial charge in [-0.1, -0.05) is 5.16 Å². The normalized spacial score (nSPS) is 13.5. The quantitative estimate of drug-likeness (QED) is 0.381. The molecule has 2 aromatic heterocycles. The summed E-state index contributed by atoms with van der Waals surface area (Å²) in [7, 11) is -0.436. The minimum absolute atomic E-state index is 0.0384. The molecule has 1 aromatic carbocycles. The first-order valence-electron chi connectivity index (χ1n) is 10.3. The first-order chi connectivity index (χ1) is 16.0. The van der Waals surface area contributed by atoms with E-state index in [9.17, 15) is 18.0 Å². The van der Waals surface area contributed by atoms with Gasteiger partial charge >= 0.3 is 5.97 Å². The van der Waals surface area contributed by atoms with Crippen LogP contribution < -0.4 is 4.74 Å². The first kappa shape index (κ1) is 23.4. The summed E-state index contributed by atoms with van der Waals surface area (Å²) in [6, 6.07) is 4.40. The zero-order valence-electron chi connectivity index (χ0n) is 19.3. The highest BCUT2D eigenvalue weighted by Gasteiger charge is 2.29. The molecule has 1 aliphatic rings. The van der Waals surface area contributed by atoms with Crippen molar-refractivity contribution in [2.24, 2.45) is 19.3 Å². The van der Waals surface area contributed by atoms with Crippen molar-refractivity contribution in [3.8, 4) is 5.88 Å². The fourth-order valence-corrected chi connectivity index (χ4v) is 4.83. The summed E-state index contributed by atoms with van der Waals surface area (Å²) >= 11 is 0. The Kier molecular flexibility index (Phi) is 5.86. The molecular formula is C22H23N5O6S. The van der Waals surface area contributed by atoms with Gasteiger partial charge in [0.05, 0.1) is 22.5 Å². The number of aryl methyl sites for hydroxylation is 3. The smallest absolute Gasteiger partial charge is 0.363 e. The van der Waals surface area contributed by atoms with Crippen LogP contribution in [0.25, 0.3) is 0 Å². The fourth-order valence-electron chi connectivity index (χ4n) is 3.87. The minimum Gasteiger partial charge on any atom is -0.402 e. The van der Waals surface area contributed by atoms with Crippen molar-refractivity contribution in [2.75, 3.05) is 12.9 Å². The van der Waals surface area contributed by atoms with Crippen molar-refractivity contribution in [3.05, 3.63) is 58.0 Å². The third-order valence-electron chi connectivity index (χ3n) is 5.49. The Morgan fingerprint density at radius 2 is 1.85 bits per heavy atom.